The molecule has 0 heterocycles. The number of carboxylic acids is 1. The van der Waals surface area contributed by atoms with Crippen molar-refractivity contribution in [2.75, 3.05) is 11.5 Å². The van der Waals surface area contributed by atoms with Gasteiger partial charge >= 0.3 is 5.97 Å². The molecule has 0 bridgehead atoms. The molecule has 178 valence electrons. The Bertz CT molecular complexity index is 807. The molecular weight excluding hydrogens is 460 g/mol. The molecule has 3 amide bonds. The maximum absolute atomic E-state index is 12.6. The molecule has 5 unspecified atom stereocenters. The van der Waals surface area contributed by atoms with Crippen molar-refractivity contribution < 1.29 is 34.5 Å². The summed E-state index contributed by atoms with van der Waals surface area (Å²) in [6, 6.07) is 0.780. The number of hydrogen-bond donors (Lipinski definition) is 9. The number of nitrogens with one attached hydrogen (secondary N) is 3. The van der Waals surface area contributed by atoms with Gasteiger partial charge in [-0.15, -0.1) is 0 Å². The molecule has 5 atom stereocenters. The summed E-state index contributed by atoms with van der Waals surface area (Å²) in [7, 11) is 0. The number of phenolic OH excluding ortho intramolecular Hbond substituents is 1. The number of nitrogens with two attached hydrogens (primary N) is 1. The van der Waals surface area contributed by atoms with Gasteiger partial charge in [0.2, 0.25) is 17.7 Å². The zero-order valence-electron chi connectivity index (χ0n) is 17.3. The van der Waals surface area contributed by atoms with Gasteiger partial charge in [0.25, 0.3) is 0 Å². The third-order valence-electron chi connectivity index (χ3n) is 4.40. The van der Waals surface area contributed by atoms with E-state index in [1.165, 1.54) is 31.2 Å². The average molecular weight is 489 g/mol. The summed E-state index contributed by atoms with van der Waals surface area (Å²) in [6.07, 6.45) is -1.48. The van der Waals surface area contributed by atoms with Gasteiger partial charge in [-0.05, 0) is 24.6 Å². The van der Waals surface area contributed by atoms with E-state index in [1.54, 1.807) is 0 Å². The van der Waals surface area contributed by atoms with Crippen LogP contribution in [-0.4, -0.2) is 80.8 Å². The molecule has 1 aromatic rings. The fraction of sp³-hybridized carbons (Fsp3) is 0.474. The van der Waals surface area contributed by atoms with Crippen LogP contribution in [0.15, 0.2) is 24.3 Å². The highest BCUT2D eigenvalue weighted by Gasteiger charge is 2.32. The van der Waals surface area contributed by atoms with E-state index in [-0.39, 0.29) is 23.7 Å². The average Bonchev–Trinajstić information content (AvgIpc) is 2.75. The van der Waals surface area contributed by atoms with Gasteiger partial charge in [0.15, 0.2) is 0 Å². The summed E-state index contributed by atoms with van der Waals surface area (Å²) in [4.78, 5) is 48.7. The highest BCUT2D eigenvalue weighted by Crippen LogP contribution is 2.12. The molecule has 0 aliphatic rings. The minimum absolute atomic E-state index is 0.00250. The molecule has 0 fully saturated rings. The second-order valence-electron chi connectivity index (χ2n) is 7.03. The lowest BCUT2D eigenvalue weighted by molar-refractivity contribution is -0.143. The molecule has 8 N–H and O–H groups in total. The Morgan fingerprint density at radius 2 is 1.50 bits per heavy atom. The standard InChI is InChI=1S/C19H28N4O7S2/c1-9(24)15(23-17(27)14(8-32)22-16(26)12(20)7-31)18(28)21-13(19(29)30)6-10-2-4-11(25)5-3-10/h2-5,9,12-15,24-25,31-32H,6-8,20H2,1H3,(H,21,28)(H,22,26)(H,23,27)(H,29,30). The Hall–Kier alpha value is -2.48. The first-order valence-corrected chi connectivity index (χ1v) is 10.8. The minimum Gasteiger partial charge on any atom is -0.508 e. The Morgan fingerprint density at radius 1 is 0.938 bits per heavy atom. The number of carbonyl (C=O) groups is 4. The zero-order chi connectivity index (χ0) is 24.4. The quantitative estimate of drug-likeness (QED) is 0.151. The van der Waals surface area contributed by atoms with Crippen LogP contribution in [0.25, 0.3) is 0 Å². The van der Waals surface area contributed by atoms with Crippen LogP contribution in [0.1, 0.15) is 12.5 Å². The fourth-order valence-electron chi connectivity index (χ4n) is 2.54. The number of phenols is 1. The van der Waals surface area contributed by atoms with E-state index in [0.29, 0.717) is 5.56 Å². The largest absolute Gasteiger partial charge is 0.508 e. The monoisotopic (exact) mass is 488 g/mol. The topological polar surface area (TPSA) is 191 Å². The summed E-state index contributed by atoms with van der Waals surface area (Å²) in [5.74, 6) is -3.80. The minimum atomic E-state index is -1.50. The molecule has 1 rings (SSSR count). The molecule has 0 aliphatic carbocycles. The molecule has 0 radical (unpaired) electrons. The number of aromatic hydroxyl groups is 1. The van der Waals surface area contributed by atoms with Crippen molar-refractivity contribution in [2.24, 2.45) is 5.73 Å². The van der Waals surface area contributed by atoms with Crippen molar-refractivity contribution >= 4 is 48.9 Å². The van der Waals surface area contributed by atoms with Gasteiger partial charge in [0, 0.05) is 17.9 Å². The van der Waals surface area contributed by atoms with Crippen molar-refractivity contribution in [3.05, 3.63) is 29.8 Å². The smallest absolute Gasteiger partial charge is 0.326 e. The molecule has 0 aliphatic heterocycles. The van der Waals surface area contributed by atoms with Crippen LogP contribution in [0.4, 0.5) is 0 Å². The van der Waals surface area contributed by atoms with Crippen LogP contribution in [0, 0.1) is 0 Å². The molecule has 0 aromatic heterocycles. The Balaban J connectivity index is 2.88. The number of benzene rings is 1. The molecule has 0 saturated carbocycles. The van der Waals surface area contributed by atoms with Crippen LogP contribution >= 0.6 is 25.3 Å². The van der Waals surface area contributed by atoms with Crippen LogP contribution < -0.4 is 21.7 Å². The van der Waals surface area contributed by atoms with E-state index in [2.05, 4.69) is 41.2 Å². The van der Waals surface area contributed by atoms with Gasteiger partial charge in [-0.25, -0.2) is 4.79 Å². The Morgan fingerprint density at radius 3 is 1.97 bits per heavy atom. The van der Waals surface area contributed by atoms with Crippen molar-refractivity contribution in [1.29, 1.82) is 0 Å². The lowest BCUT2D eigenvalue weighted by Gasteiger charge is -2.26. The maximum Gasteiger partial charge on any atom is 0.326 e. The first-order chi connectivity index (χ1) is 15.0. The number of thiol groups is 2. The summed E-state index contributed by atoms with van der Waals surface area (Å²) < 4.78 is 0. The van der Waals surface area contributed by atoms with Crippen LogP contribution in [-0.2, 0) is 25.6 Å². The zero-order valence-corrected chi connectivity index (χ0v) is 19.1. The van der Waals surface area contributed by atoms with Crippen LogP contribution in [0.5, 0.6) is 5.75 Å². The summed E-state index contributed by atoms with van der Waals surface area (Å²) >= 11 is 7.91. The van der Waals surface area contributed by atoms with Crippen molar-refractivity contribution in [1.82, 2.24) is 16.0 Å². The number of carboxylic acid groups (broad SMARTS) is 1. The molecule has 1 aromatic carbocycles. The van der Waals surface area contributed by atoms with E-state index < -0.39 is 54.0 Å². The van der Waals surface area contributed by atoms with E-state index in [1.807, 2.05) is 0 Å². The molecule has 0 saturated heterocycles. The molecular formula is C19H28N4O7S2. The SMILES string of the molecule is CC(O)C(NC(=O)C(CS)NC(=O)C(N)CS)C(=O)NC(Cc1ccc(O)cc1)C(=O)O. The number of aliphatic carboxylic acids is 1. The summed E-state index contributed by atoms with van der Waals surface area (Å²) in [5.41, 5.74) is 6.09. The highest BCUT2D eigenvalue weighted by atomic mass is 32.1. The Labute approximate surface area is 196 Å². The predicted octanol–water partition coefficient (Wildman–Crippen LogP) is -1.96. The van der Waals surface area contributed by atoms with Gasteiger partial charge in [-0.2, -0.15) is 25.3 Å². The lowest BCUT2D eigenvalue weighted by atomic mass is 10.0. The normalized spacial score (nSPS) is 15.5. The van der Waals surface area contributed by atoms with Gasteiger partial charge in [-0.1, -0.05) is 12.1 Å². The lowest BCUT2D eigenvalue weighted by Crippen LogP contribution is -2.60. The Kier molecular flexibility index (Phi) is 11.3. The van der Waals surface area contributed by atoms with Crippen molar-refractivity contribution in [2.45, 2.75) is 43.6 Å². The number of aliphatic hydroxyl groups is 1. The first kappa shape index (κ1) is 27.6. The second-order valence-corrected chi connectivity index (χ2v) is 7.76. The molecule has 11 nitrogen and oxygen atoms in total. The van der Waals surface area contributed by atoms with Gasteiger partial charge in [0.05, 0.1) is 12.1 Å². The number of rotatable bonds is 12. The van der Waals surface area contributed by atoms with E-state index in [0.717, 1.165) is 0 Å². The van der Waals surface area contributed by atoms with E-state index in [4.69, 9.17) is 5.73 Å². The first-order valence-electron chi connectivity index (χ1n) is 9.57. The highest BCUT2D eigenvalue weighted by molar-refractivity contribution is 7.80. The summed E-state index contributed by atoms with van der Waals surface area (Å²) in [5, 5.41) is 35.7. The third kappa shape index (κ3) is 8.57. The molecule has 0 spiro atoms. The number of carbonyl (C=O) groups excluding carboxylic acids is 3. The second kappa shape index (κ2) is 13.2. The number of amides is 3. The van der Waals surface area contributed by atoms with Crippen molar-refractivity contribution in [3.8, 4) is 5.75 Å². The molecule has 13 heteroatoms. The number of aliphatic hydroxyl groups excluding tert-OH is 1. The molecule has 32 heavy (non-hydrogen) atoms. The fourth-order valence-corrected chi connectivity index (χ4v) is 2.97. The van der Waals surface area contributed by atoms with Crippen molar-refractivity contribution in [3.63, 3.8) is 0 Å². The van der Waals surface area contributed by atoms with Crippen LogP contribution in [0.2, 0.25) is 0 Å². The van der Waals surface area contributed by atoms with Gasteiger partial charge in [-0.3, -0.25) is 14.4 Å². The third-order valence-corrected chi connectivity index (χ3v) is 5.16. The van der Waals surface area contributed by atoms with E-state index in [9.17, 15) is 34.5 Å². The van der Waals surface area contributed by atoms with Gasteiger partial charge < -0.3 is 37.0 Å². The predicted molar refractivity (Wildman–Crippen MR) is 123 cm³/mol. The maximum atomic E-state index is 12.6. The van der Waals surface area contributed by atoms with Gasteiger partial charge in [0.1, 0.15) is 23.9 Å². The van der Waals surface area contributed by atoms with Crippen LogP contribution in [0.3, 0.4) is 0 Å². The summed E-state index contributed by atoms with van der Waals surface area (Å²) in [6.45, 7) is 1.24. The number of hydrogen-bond acceptors (Lipinski definition) is 9. The van der Waals surface area contributed by atoms with E-state index >= 15 is 0 Å².